The zero-order valence-corrected chi connectivity index (χ0v) is 19.0. The minimum absolute atomic E-state index is 0.247. The summed E-state index contributed by atoms with van der Waals surface area (Å²) in [5.74, 6) is -0.161. The maximum absolute atomic E-state index is 12.0. The van der Waals surface area contributed by atoms with Gasteiger partial charge in [0.1, 0.15) is 23.5 Å². The summed E-state index contributed by atoms with van der Waals surface area (Å²) in [6.45, 7) is 5.31. The van der Waals surface area contributed by atoms with E-state index in [2.05, 4.69) is 21.9 Å². The number of nitrogen functional groups attached to an aromatic ring is 1. The van der Waals surface area contributed by atoms with Gasteiger partial charge in [0, 0.05) is 23.9 Å². The minimum Gasteiger partial charge on any atom is -0.496 e. The van der Waals surface area contributed by atoms with Gasteiger partial charge in [-0.2, -0.15) is 0 Å². The second-order valence-electron chi connectivity index (χ2n) is 7.83. The molecular weight excluding hydrogens is 432 g/mol. The minimum atomic E-state index is -0.586. The van der Waals surface area contributed by atoms with Crippen LogP contribution in [0.5, 0.6) is 5.75 Å². The van der Waals surface area contributed by atoms with E-state index in [9.17, 15) is 9.59 Å². The molecule has 172 valence electrons. The van der Waals surface area contributed by atoms with Crippen molar-refractivity contribution in [2.45, 2.75) is 6.92 Å². The van der Waals surface area contributed by atoms with Crippen molar-refractivity contribution < 1.29 is 14.3 Å². The van der Waals surface area contributed by atoms with Gasteiger partial charge in [-0.25, -0.2) is 9.97 Å². The highest BCUT2D eigenvalue weighted by Gasteiger charge is 2.23. The van der Waals surface area contributed by atoms with Crippen LogP contribution in [0.4, 0.5) is 11.5 Å². The number of nitrogens with two attached hydrogens (primary N) is 2. The zero-order chi connectivity index (χ0) is 24.6. The fraction of sp³-hybridized carbons (Fsp3) is 0.120. The molecule has 0 spiro atoms. The van der Waals surface area contributed by atoms with Gasteiger partial charge in [-0.1, -0.05) is 24.8 Å². The van der Waals surface area contributed by atoms with Gasteiger partial charge in [-0.05, 0) is 42.3 Å². The first-order valence-corrected chi connectivity index (χ1v) is 10.4. The number of aromatic nitrogens is 3. The largest absolute Gasteiger partial charge is 0.496 e. The van der Waals surface area contributed by atoms with E-state index in [1.165, 1.54) is 13.4 Å². The molecule has 0 unspecified atom stereocenters. The number of hydrogen-bond donors (Lipinski definition) is 3. The molecule has 9 heteroatoms. The van der Waals surface area contributed by atoms with Crippen LogP contribution in [0.3, 0.4) is 0 Å². The molecule has 5 N–H and O–H groups in total. The second-order valence-corrected chi connectivity index (χ2v) is 7.83. The molecule has 0 fully saturated rings. The Bertz CT molecular complexity index is 1450. The van der Waals surface area contributed by atoms with Gasteiger partial charge in [0.05, 0.1) is 23.8 Å². The Labute approximate surface area is 196 Å². The Morgan fingerprint density at radius 3 is 2.38 bits per heavy atom. The molecule has 0 saturated heterocycles. The summed E-state index contributed by atoms with van der Waals surface area (Å²) < 4.78 is 7.35. The number of nitrogens with zero attached hydrogens (tertiary/aromatic N) is 3. The monoisotopic (exact) mass is 456 g/mol. The fourth-order valence-electron chi connectivity index (χ4n) is 3.89. The third-order valence-corrected chi connectivity index (χ3v) is 5.56. The zero-order valence-electron chi connectivity index (χ0n) is 19.0. The average molecular weight is 457 g/mol. The number of ether oxygens (including phenoxy) is 1. The van der Waals surface area contributed by atoms with Crippen LogP contribution in [-0.2, 0) is 11.8 Å². The van der Waals surface area contributed by atoms with Crippen LogP contribution >= 0.6 is 0 Å². The Balaban J connectivity index is 1.94. The summed E-state index contributed by atoms with van der Waals surface area (Å²) in [4.78, 5) is 32.4. The van der Waals surface area contributed by atoms with E-state index in [0.29, 0.717) is 33.9 Å². The summed E-state index contributed by atoms with van der Waals surface area (Å²) in [6, 6.07) is 12.6. The first kappa shape index (κ1) is 22.5. The maximum atomic E-state index is 12.0. The number of carbonyl (C=O) groups is 2. The normalized spacial score (nSPS) is 10.8. The topological polar surface area (TPSA) is 138 Å². The number of rotatable bonds is 6. The molecule has 4 rings (SSSR count). The number of amides is 2. The van der Waals surface area contributed by atoms with E-state index in [4.69, 9.17) is 16.2 Å². The number of hydrogen-bond acceptors (Lipinski definition) is 6. The van der Waals surface area contributed by atoms with Crippen LogP contribution in [0.25, 0.3) is 33.4 Å². The van der Waals surface area contributed by atoms with E-state index >= 15 is 0 Å². The van der Waals surface area contributed by atoms with Crippen LogP contribution in [-0.4, -0.2) is 33.5 Å². The quantitative estimate of drug-likeness (QED) is 0.380. The maximum Gasteiger partial charge on any atom is 0.252 e. The lowest BCUT2D eigenvalue weighted by Gasteiger charge is -2.12. The molecule has 2 aromatic heterocycles. The molecule has 0 aliphatic heterocycles. The standard InChI is InChI=1S/C25H24N6O3/c1-13(2)25(33)30-16-8-5-14(6-9-16)21-19(20-22(26)28-12-29-24(20)31(21)3)15-7-10-17(23(27)32)18(11-15)34-4/h5-12H,1H2,2-4H3,(H2,27,32)(H,30,33)(H2,26,28,29). The molecule has 34 heavy (non-hydrogen) atoms. The van der Waals surface area contributed by atoms with Gasteiger partial charge in [-0.3, -0.25) is 9.59 Å². The molecule has 2 heterocycles. The third-order valence-electron chi connectivity index (χ3n) is 5.56. The van der Waals surface area contributed by atoms with Gasteiger partial charge in [-0.15, -0.1) is 0 Å². The predicted molar refractivity (Wildman–Crippen MR) is 132 cm³/mol. The second kappa shape index (κ2) is 8.70. The number of anilines is 2. The van der Waals surface area contributed by atoms with Crippen molar-refractivity contribution in [3.63, 3.8) is 0 Å². The van der Waals surface area contributed by atoms with Crippen molar-refractivity contribution in [2.24, 2.45) is 12.8 Å². The van der Waals surface area contributed by atoms with E-state index < -0.39 is 5.91 Å². The van der Waals surface area contributed by atoms with Crippen LogP contribution in [0.2, 0.25) is 0 Å². The molecule has 0 saturated carbocycles. The van der Waals surface area contributed by atoms with E-state index in [1.54, 1.807) is 25.1 Å². The molecule has 4 aromatic rings. The molecule has 0 aliphatic rings. The number of methoxy groups -OCH3 is 1. The molecule has 0 bridgehead atoms. The van der Waals surface area contributed by atoms with Gasteiger partial charge in [0.2, 0.25) is 0 Å². The highest BCUT2D eigenvalue weighted by Crippen LogP contribution is 2.42. The number of fused-ring (bicyclic) bond motifs is 1. The first-order valence-electron chi connectivity index (χ1n) is 10.4. The Kier molecular flexibility index (Phi) is 5.77. The molecular formula is C25H24N6O3. The third kappa shape index (κ3) is 3.83. The van der Waals surface area contributed by atoms with E-state index in [0.717, 1.165) is 22.4 Å². The van der Waals surface area contributed by atoms with Crippen LogP contribution in [0, 0.1) is 0 Å². The Morgan fingerprint density at radius 1 is 1.09 bits per heavy atom. The lowest BCUT2D eigenvalue weighted by molar-refractivity contribution is -0.112. The van der Waals surface area contributed by atoms with Crippen molar-refractivity contribution in [2.75, 3.05) is 18.2 Å². The Hall–Kier alpha value is -4.66. The summed E-state index contributed by atoms with van der Waals surface area (Å²) in [7, 11) is 3.37. The van der Waals surface area contributed by atoms with Gasteiger partial charge in [0.25, 0.3) is 11.8 Å². The Morgan fingerprint density at radius 2 is 1.76 bits per heavy atom. The molecule has 2 amide bonds. The number of primary amides is 1. The number of aryl methyl sites for hydroxylation is 1. The average Bonchev–Trinajstić information content (AvgIpc) is 3.12. The predicted octanol–water partition coefficient (Wildman–Crippen LogP) is 3.51. The molecule has 2 aromatic carbocycles. The van der Waals surface area contributed by atoms with Crippen LogP contribution < -0.4 is 21.5 Å². The smallest absolute Gasteiger partial charge is 0.252 e. The summed E-state index contributed by atoms with van der Waals surface area (Å²) in [6.07, 6.45) is 1.41. The summed E-state index contributed by atoms with van der Waals surface area (Å²) >= 11 is 0. The first-order chi connectivity index (χ1) is 16.2. The van der Waals surface area contributed by atoms with Crippen molar-refractivity contribution in [3.8, 4) is 28.1 Å². The van der Waals surface area contributed by atoms with Crippen LogP contribution in [0.15, 0.2) is 60.9 Å². The molecule has 0 radical (unpaired) electrons. The summed E-state index contributed by atoms with van der Waals surface area (Å²) in [5.41, 5.74) is 17.0. The number of benzene rings is 2. The van der Waals surface area contributed by atoms with Gasteiger partial charge >= 0.3 is 0 Å². The molecule has 0 aliphatic carbocycles. The number of nitrogens with one attached hydrogen (secondary N) is 1. The molecule has 9 nitrogen and oxygen atoms in total. The molecule has 0 atom stereocenters. The summed E-state index contributed by atoms with van der Waals surface area (Å²) in [5, 5.41) is 3.48. The van der Waals surface area contributed by atoms with Crippen molar-refractivity contribution in [3.05, 3.63) is 66.5 Å². The van der Waals surface area contributed by atoms with Crippen molar-refractivity contribution >= 4 is 34.4 Å². The van der Waals surface area contributed by atoms with Crippen molar-refractivity contribution in [1.29, 1.82) is 0 Å². The highest BCUT2D eigenvalue weighted by atomic mass is 16.5. The van der Waals surface area contributed by atoms with Crippen molar-refractivity contribution in [1.82, 2.24) is 14.5 Å². The van der Waals surface area contributed by atoms with E-state index in [-0.39, 0.29) is 11.5 Å². The fourth-order valence-corrected chi connectivity index (χ4v) is 3.89. The van der Waals surface area contributed by atoms with E-state index in [1.807, 2.05) is 35.9 Å². The van der Waals surface area contributed by atoms with Crippen LogP contribution in [0.1, 0.15) is 17.3 Å². The van der Waals surface area contributed by atoms with Gasteiger partial charge in [0.15, 0.2) is 0 Å². The lowest BCUT2D eigenvalue weighted by atomic mass is 9.97. The highest BCUT2D eigenvalue weighted by molar-refractivity contribution is 6.08. The number of carbonyl (C=O) groups excluding carboxylic acids is 2. The van der Waals surface area contributed by atoms with Gasteiger partial charge < -0.3 is 26.1 Å². The lowest BCUT2D eigenvalue weighted by Crippen LogP contribution is -2.12. The SMILES string of the molecule is C=C(C)C(=O)Nc1ccc(-c2c(-c3ccc(C(N)=O)c(OC)c3)c3c(N)ncnc3n2C)cc1.